The molecule has 158 valence electrons. The molecular weight excluding hydrogens is 382 g/mol. The molecule has 1 fully saturated rings. The Morgan fingerprint density at radius 1 is 1.13 bits per heavy atom. The van der Waals surface area contributed by atoms with Crippen molar-refractivity contribution in [1.29, 1.82) is 0 Å². The zero-order chi connectivity index (χ0) is 21.8. The van der Waals surface area contributed by atoms with Crippen molar-refractivity contribution in [2.24, 2.45) is 5.92 Å². The quantitative estimate of drug-likeness (QED) is 0.760. The summed E-state index contributed by atoms with van der Waals surface area (Å²) < 4.78 is 5.31. The molecule has 1 aliphatic heterocycles. The fraction of sp³-hybridized carbons (Fsp3) is 0.348. The third-order valence-electron chi connectivity index (χ3n) is 5.12. The highest BCUT2D eigenvalue weighted by molar-refractivity contribution is 6.04. The average Bonchev–Trinajstić information content (AvgIpc) is 3.10. The van der Waals surface area contributed by atoms with Crippen molar-refractivity contribution >= 4 is 34.8 Å². The highest BCUT2D eigenvalue weighted by Gasteiger charge is 2.35. The van der Waals surface area contributed by atoms with Crippen molar-refractivity contribution in [2.45, 2.75) is 33.1 Å². The zero-order valence-corrected chi connectivity index (χ0v) is 17.7. The largest absolute Gasteiger partial charge is 0.495 e. The van der Waals surface area contributed by atoms with Gasteiger partial charge in [0, 0.05) is 31.3 Å². The minimum atomic E-state index is -0.477. The summed E-state index contributed by atoms with van der Waals surface area (Å²) in [6, 6.07) is 12.9. The van der Waals surface area contributed by atoms with Crippen LogP contribution in [-0.4, -0.2) is 31.4 Å². The van der Waals surface area contributed by atoms with Gasteiger partial charge in [0.2, 0.25) is 17.7 Å². The van der Waals surface area contributed by atoms with Crippen LogP contribution in [0.25, 0.3) is 0 Å². The third-order valence-corrected chi connectivity index (χ3v) is 5.12. The monoisotopic (exact) mass is 409 g/mol. The van der Waals surface area contributed by atoms with Crippen LogP contribution in [-0.2, 0) is 14.4 Å². The van der Waals surface area contributed by atoms with E-state index in [4.69, 9.17) is 4.74 Å². The average molecular weight is 409 g/mol. The Morgan fingerprint density at radius 3 is 2.57 bits per heavy atom. The SMILES string of the molecule is COc1ccc(NC(C)=O)cc1NC(=O)C1CC(=O)N(c2cccc(C(C)C)c2)C1. The van der Waals surface area contributed by atoms with Gasteiger partial charge in [-0.1, -0.05) is 26.0 Å². The van der Waals surface area contributed by atoms with Gasteiger partial charge in [-0.15, -0.1) is 0 Å². The lowest BCUT2D eigenvalue weighted by Gasteiger charge is -2.19. The molecule has 1 atom stereocenters. The lowest BCUT2D eigenvalue weighted by molar-refractivity contribution is -0.122. The summed E-state index contributed by atoms with van der Waals surface area (Å²) in [6.45, 7) is 5.93. The lowest BCUT2D eigenvalue weighted by Crippen LogP contribution is -2.28. The molecular formula is C23H27N3O4. The number of carbonyl (C=O) groups excluding carboxylic acids is 3. The minimum Gasteiger partial charge on any atom is -0.495 e. The summed E-state index contributed by atoms with van der Waals surface area (Å²) in [4.78, 5) is 38.5. The highest BCUT2D eigenvalue weighted by Crippen LogP contribution is 2.31. The van der Waals surface area contributed by atoms with E-state index in [1.54, 1.807) is 23.1 Å². The predicted molar refractivity (Wildman–Crippen MR) is 117 cm³/mol. The molecule has 2 aromatic rings. The molecule has 0 aromatic heterocycles. The first-order valence-electron chi connectivity index (χ1n) is 9.95. The van der Waals surface area contributed by atoms with Crippen LogP contribution in [0.15, 0.2) is 42.5 Å². The van der Waals surface area contributed by atoms with Crippen molar-refractivity contribution in [1.82, 2.24) is 0 Å². The van der Waals surface area contributed by atoms with E-state index < -0.39 is 5.92 Å². The van der Waals surface area contributed by atoms with Crippen molar-refractivity contribution < 1.29 is 19.1 Å². The molecule has 0 aliphatic carbocycles. The Hall–Kier alpha value is -3.35. The summed E-state index contributed by atoms with van der Waals surface area (Å²) >= 11 is 0. The van der Waals surface area contributed by atoms with Gasteiger partial charge < -0.3 is 20.3 Å². The molecule has 3 amide bonds. The minimum absolute atomic E-state index is 0.0741. The number of ether oxygens (including phenoxy) is 1. The van der Waals surface area contributed by atoms with Crippen molar-refractivity contribution in [2.75, 3.05) is 29.2 Å². The van der Waals surface area contributed by atoms with Gasteiger partial charge in [-0.3, -0.25) is 14.4 Å². The normalized spacial score (nSPS) is 16.0. The van der Waals surface area contributed by atoms with E-state index in [0.29, 0.717) is 29.6 Å². The van der Waals surface area contributed by atoms with Crippen LogP contribution in [0.5, 0.6) is 5.75 Å². The van der Waals surface area contributed by atoms with E-state index in [1.165, 1.54) is 14.0 Å². The third kappa shape index (κ3) is 4.79. The summed E-state index contributed by atoms with van der Waals surface area (Å²) in [5, 5.41) is 5.53. The molecule has 0 bridgehead atoms. The predicted octanol–water partition coefficient (Wildman–Crippen LogP) is 3.77. The van der Waals surface area contributed by atoms with E-state index in [-0.39, 0.29) is 24.1 Å². The van der Waals surface area contributed by atoms with Gasteiger partial charge in [-0.2, -0.15) is 0 Å². The van der Waals surface area contributed by atoms with E-state index in [9.17, 15) is 14.4 Å². The molecule has 7 nitrogen and oxygen atoms in total. The Morgan fingerprint density at radius 2 is 1.90 bits per heavy atom. The Labute approximate surface area is 176 Å². The van der Waals surface area contributed by atoms with Crippen LogP contribution in [0.4, 0.5) is 17.1 Å². The summed E-state index contributed by atoms with van der Waals surface area (Å²) in [5.74, 6) is -0.194. The van der Waals surface area contributed by atoms with Crippen LogP contribution in [0.3, 0.4) is 0 Å². The molecule has 7 heteroatoms. The maximum Gasteiger partial charge on any atom is 0.229 e. The Balaban J connectivity index is 1.75. The highest BCUT2D eigenvalue weighted by atomic mass is 16.5. The summed E-state index contributed by atoms with van der Waals surface area (Å²) in [6.07, 6.45) is 0.144. The standard InChI is InChI=1S/C23H27N3O4/c1-14(2)16-6-5-7-19(10-16)26-13-17(11-22(26)28)23(29)25-20-12-18(24-15(3)27)8-9-21(20)30-4/h5-10,12,14,17H,11,13H2,1-4H3,(H,24,27)(H,25,29). The van der Waals surface area contributed by atoms with E-state index in [2.05, 4.69) is 24.5 Å². The molecule has 2 aromatic carbocycles. The van der Waals surface area contributed by atoms with Crippen LogP contribution in [0, 0.1) is 5.92 Å². The van der Waals surface area contributed by atoms with E-state index in [1.807, 2.05) is 24.3 Å². The number of hydrogen-bond donors (Lipinski definition) is 2. The van der Waals surface area contributed by atoms with Crippen LogP contribution in [0.2, 0.25) is 0 Å². The molecule has 2 N–H and O–H groups in total. The van der Waals surface area contributed by atoms with Crippen LogP contribution < -0.4 is 20.3 Å². The van der Waals surface area contributed by atoms with Crippen molar-refractivity contribution in [3.05, 3.63) is 48.0 Å². The number of anilines is 3. The van der Waals surface area contributed by atoms with Gasteiger partial charge in [-0.25, -0.2) is 0 Å². The number of benzene rings is 2. The van der Waals surface area contributed by atoms with E-state index >= 15 is 0 Å². The molecule has 30 heavy (non-hydrogen) atoms. The van der Waals surface area contributed by atoms with Gasteiger partial charge in [0.25, 0.3) is 0 Å². The number of nitrogens with zero attached hydrogens (tertiary/aromatic N) is 1. The first kappa shape index (κ1) is 21.4. The molecule has 1 unspecified atom stereocenters. The van der Waals surface area contributed by atoms with Crippen molar-refractivity contribution in [3.8, 4) is 5.75 Å². The fourth-order valence-electron chi connectivity index (χ4n) is 3.51. The number of rotatable bonds is 6. The molecule has 0 saturated carbocycles. The summed E-state index contributed by atoms with van der Waals surface area (Å²) in [7, 11) is 1.51. The van der Waals surface area contributed by atoms with Crippen LogP contribution in [0.1, 0.15) is 38.7 Å². The molecule has 3 rings (SSSR count). The lowest BCUT2D eigenvalue weighted by atomic mass is 10.0. The van der Waals surface area contributed by atoms with Gasteiger partial charge in [0.05, 0.1) is 18.7 Å². The number of methoxy groups -OCH3 is 1. The fourth-order valence-corrected chi connectivity index (χ4v) is 3.51. The maximum absolute atomic E-state index is 12.9. The van der Waals surface area contributed by atoms with Crippen molar-refractivity contribution in [3.63, 3.8) is 0 Å². The number of amides is 3. The second kappa shape index (κ2) is 8.98. The van der Waals surface area contributed by atoms with Crippen LogP contribution >= 0.6 is 0 Å². The Bertz CT molecular complexity index is 971. The number of carbonyl (C=O) groups is 3. The molecule has 0 radical (unpaired) electrons. The van der Waals surface area contributed by atoms with Gasteiger partial charge in [-0.05, 0) is 41.8 Å². The van der Waals surface area contributed by atoms with Gasteiger partial charge in [0.15, 0.2) is 0 Å². The molecule has 1 heterocycles. The number of nitrogens with one attached hydrogen (secondary N) is 2. The second-order valence-corrected chi connectivity index (χ2v) is 7.74. The topological polar surface area (TPSA) is 87.7 Å². The number of hydrogen-bond acceptors (Lipinski definition) is 4. The Kier molecular flexibility index (Phi) is 6.40. The maximum atomic E-state index is 12.9. The second-order valence-electron chi connectivity index (χ2n) is 7.74. The first-order valence-corrected chi connectivity index (χ1v) is 9.95. The van der Waals surface area contributed by atoms with E-state index in [0.717, 1.165) is 11.3 Å². The summed E-state index contributed by atoms with van der Waals surface area (Å²) in [5.41, 5.74) is 2.95. The zero-order valence-electron chi connectivity index (χ0n) is 17.7. The molecule has 1 saturated heterocycles. The van der Waals surface area contributed by atoms with Gasteiger partial charge in [0.1, 0.15) is 5.75 Å². The smallest absolute Gasteiger partial charge is 0.229 e. The van der Waals surface area contributed by atoms with Gasteiger partial charge >= 0.3 is 0 Å². The first-order chi connectivity index (χ1) is 14.3. The molecule has 1 aliphatic rings. The molecule has 0 spiro atoms.